The molecule has 3 heterocycles. The summed E-state index contributed by atoms with van der Waals surface area (Å²) in [5, 5.41) is 17.5. The molecule has 4 aromatic rings. The van der Waals surface area contributed by atoms with E-state index in [-0.39, 0.29) is 60.4 Å². The summed E-state index contributed by atoms with van der Waals surface area (Å²) < 4.78 is 28.3. The van der Waals surface area contributed by atoms with Gasteiger partial charge in [-0.25, -0.2) is 0 Å². The molecule has 3 N–H and O–H groups in total. The van der Waals surface area contributed by atoms with E-state index in [4.69, 9.17) is 23.7 Å². The molecule has 2 saturated heterocycles. The molecule has 11 nitrogen and oxygen atoms in total. The van der Waals surface area contributed by atoms with E-state index >= 15 is 0 Å². The fourth-order valence-electron chi connectivity index (χ4n) is 8.11. The van der Waals surface area contributed by atoms with Crippen LogP contribution in [0, 0.1) is 17.8 Å². The van der Waals surface area contributed by atoms with Gasteiger partial charge in [-0.3, -0.25) is 14.5 Å². The normalized spacial score (nSPS) is 22.4. The van der Waals surface area contributed by atoms with E-state index in [1.54, 1.807) is 12.1 Å². The summed E-state index contributed by atoms with van der Waals surface area (Å²) in [5.41, 5.74) is 5.43. The number of esters is 1. The van der Waals surface area contributed by atoms with E-state index in [0.29, 0.717) is 11.5 Å². The molecule has 0 unspecified atom stereocenters. The van der Waals surface area contributed by atoms with Crippen LogP contribution in [0.3, 0.4) is 0 Å². The average Bonchev–Trinajstić information content (AvgIpc) is 3.78. The number of methoxy groups -OCH3 is 2. The fourth-order valence-corrected chi connectivity index (χ4v) is 8.11. The van der Waals surface area contributed by atoms with Crippen LogP contribution in [0.25, 0.3) is 0 Å². The predicted molar refractivity (Wildman–Crippen MR) is 189 cm³/mol. The number of phenols is 1. The number of aromatic hydroxyl groups is 1. The number of piperidine rings is 1. The van der Waals surface area contributed by atoms with Gasteiger partial charge in [0, 0.05) is 35.7 Å². The van der Waals surface area contributed by atoms with Crippen LogP contribution < -0.4 is 29.6 Å². The van der Waals surface area contributed by atoms with Gasteiger partial charge in [-0.15, -0.1) is 0 Å². The molecular formula is C40H41N3O8. The summed E-state index contributed by atoms with van der Waals surface area (Å²) in [5.74, 6) is 0.138. The van der Waals surface area contributed by atoms with E-state index in [1.807, 2.05) is 42.5 Å². The fraction of sp³-hybridized carbons (Fsp3) is 0.350. The Kier molecular flexibility index (Phi) is 8.81. The van der Waals surface area contributed by atoms with Crippen LogP contribution in [0.15, 0.2) is 78.9 Å². The third-order valence-electron chi connectivity index (χ3n) is 10.7. The first kappa shape index (κ1) is 32.8. The van der Waals surface area contributed by atoms with Crippen molar-refractivity contribution in [3.8, 4) is 28.7 Å². The second-order valence-corrected chi connectivity index (χ2v) is 13.6. The first-order chi connectivity index (χ1) is 24.9. The van der Waals surface area contributed by atoms with Crippen molar-refractivity contribution in [1.29, 1.82) is 0 Å². The molecule has 1 aliphatic carbocycles. The second kappa shape index (κ2) is 13.7. The van der Waals surface area contributed by atoms with Gasteiger partial charge in [0.25, 0.3) is 0 Å². The summed E-state index contributed by atoms with van der Waals surface area (Å²) in [6.45, 7) is 3.03. The van der Waals surface area contributed by atoms with Crippen LogP contribution in [-0.4, -0.2) is 62.6 Å². The quantitative estimate of drug-likeness (QED) is 0.178. The molecule has 8 rings (SSSR count). The predicted octanol–water partition coefficient (Wildman–Crippen LogP) is 6.08. The van der Waals surface area contributed by atoms with Gasteiger partial charge in [-0.2, -0.15) is 0 Å². The average molecular weight is 692 g/mol. The molecule has 4 aliphatic rings. The SMILES string of the molecule is COc1cc([C@@H]2c3cc4c(cc3[C@@H](Nc3ccc(NC(=O)C5CCN(Cc6ccccc6)CC5)cc3)[C@H]3COC(=O)[C@H]23)OCO4)cc(OC)c1O. The van der Waals surface area contributed by atoms with E-state index in [9.17, 15) is 14.7 Å². The molecule has 3 aliphatic heterocycles. The number of carbonyl (C=O) groups excluding carboxylic acids is 2. The number of carbonyl (C=O) groups is 2. The minimum Gasteiger partial charge on any atom is -0.502 e. The monoisotopic (exact) mass is 691 g/mol. The number of fused-ring (bicyclic) bond motifs is 3. The van der Waals surface area contributed by atoms with Crippen molar-refractivity contribution in [3.05, 3.63) is 101 Å². The van der Waals surface area contributed by atoms with E-state index in [0.717, 1.165) is 60.5 Å². The van der Waals surface area contributed by atoms with Gasteiger partial charge in [-0.1, -0.05) is 30.3 Å². The molecule has 4 atom stereocenters. The first-order valence-electron chi connectivity index (χ1n) is 17.4. The molecule has 11 heteroatoms. The Balaban J connectivity index is 1.02. The van der Waals surface area contributed by atoms with Gasteiger partial charge in [0.05, 0.1) is 32.8 Å². The molecule has 2 fully saturated rings. The molecule has 0 radical (unpaired) electrons. The molecule has 4 aromatic carbocycles. The first-order valence-corrected chi connectivity index (χ1v) is 17.4. The summed E-state index contributed by atoms with van der Waals surface area (Å²) >= 11 is 0. The maximum absolute atomic E-state index is 13.5. The van der Waals surface area contributed by atoms with Crippen molar-refractivity contribution >= 4 is 23.3 Å². The number of ether oxygens (including phenoxy) is 5. The maximum atomic E-state index is 13.5. The highest BCUT2D eigenvalue weighted by Gasteiger charge is 2.52. The molecule has 0 aromatic heterocycles. The Hall–Kier alpha value is -5.42. The number of nitrogens with zero attached hydrogens (tertiary/aromatic N) is 1. The second-order valence-electron chi connectivity index (χ2n) is 13.6. The largest absolute Gasteiger partial charge is 0.502 e. The molecule has 1 amide bonds. The standard InChI is InChI=1S/C40H41N3O8/c1-47-33-16-25(17-34(48-2)38(33)44)35-28-18-31-32(51-22-50-31)19-29(28)37(30-21-49-40(46)36(30)35)41-26-8-10-27(11-9-26)42-39(45)24-12-14-43(15-13-24)20-23-6-4-3-5-7-23/h3-11,16-19,24,30,35-37,41,44H,12-15,20-22H2,1-2H3,(H,42,45)/t30-,35+,36-,37+/m0/s1. The summed E-state index contributed by atoms with van der Waals surface area (Å²) in [6, 6.07) is 25.2. The highest BCUT2D eigenvalue weighted by molar-refractivity contribution is 5.92. The zero-order chi connectivity index (χ0) is 35.1. The highest BCUT2D eigenvalue weighted by Crippen LogP contribution is 2.56. The molecular weight excluding hydrogens is 650 g/mol. The van der Waals surface area contributed by atoms with Crippen molar-refractivity contribution in [2.75, 3.05) is 51.3 Å². The smallest absolute Gasteiger partial charge is 0.310 e. The Labute approximate surface area is 296 Å². The maximum Gasteiger partial charge on any atom is 0.310 e. The van der Waals surface area contributed by atoms with Crippen LogP contribution in [0.2, 0.25) is 0 Å². The van der Waals surface area contributed by atoms with Crippen molar-refractivity contribution < 1.29 is 38.4 Å². The van der Waals surface area contributed by atoms with Gasteiger partial charge in [0.1, 0.15) is 0 Å². The van der Waals surface area contributed by atoms with Gasteiger partial charge in [0.2, 0.25) is 18.4 Å². The molecule has 0 spiro atoms. The minimum atomic E-state index is -0.535. The highest BCUT2D eigenvalue weighted by atomic mass is 16.7. The number of hydrogen-bond donors (Lipinski definition) is 3. The number of amides is 1. The summed E-state index contributed by atoms with van der Waals surface area (Å²) in [7, 11) is 2.95. The lowest BCUT2D eigenvalue weighted by atomic mass is 9.65. The zero-order valence-electron chi connectivity index (χ0n) is 28.6. The van der Waals surface area contributed by atoms with Crippen molar-refractivity contribution in [3.63, 3.8) is 0 Å². The van der Waals surface area contributed by atoms with E-state index < -0.39 is 11.8 Å². The number of likely N-dealkylation sites (tertiary alicyclic amines) is 1. The topological polar surface area (TPSA) is 128 Å². The lowest BCUT2D eigenvalue weighted by molar-refractivity contribution is -0.141. The lowest BCUT2D eigenvalue weighted by Crippen LogP contribution is -2.38. The number of nitrogens with one attached hydrogen (secondary N) is 2. The Morgan fingerprint density at radius 3 is 2.18 bits per heavy atom. The molecule has 0 bridgehead atoms. The van der Waals surface area contributed by atoms with E-state index in [1.165, 1.54) is 19.8 Å². The van der Waals surface area contributed by atoms with Crippen LogP contribution in [0.1, 0.15) is 47.1 Å². The Bertz CT molecular complexity index is 1900. The number of cyclic esters (lactones) is 1. The molecule has 264 valence electrons. The zero-order valence-corrected chi connectivity index (χ0v) is 28.6. The summed E-state index contributed by atoms with van der Waals surface area (Å²) in [6.07, 6.45) is 1.65. The van der Waals surface area contributed by atoms with Crippen molar-refractivity contribution in [2.45, 2.75) is 31.3 Å². The molecule has 0 saturated carbocycles. The van der Waals surface area contributed by atoms with Crippen LogP contribution in [0.5, 0.6) is 28.7 Å². The third-order valence-corrected chi connectivity index (χ3v) is 10.7. The van der Waals surface area contributed by atoms with Crippen LogP contribution in [0.4, 0.5) is 11.4 Å². The summed E-state index contributed by atoms with van der Waals surface area (Å²) in [4.78, 5) is 29.2. The number of benzene rings is 4. The molecule has 51 heavy (non-hydrogen) atoms. The Morgan fingerprint density at radius 1 is 0.863 bits per heavy atom. The minimum absolute atomic E-state index is 0.0280. The van der Waals surface area contributed by atoms with Crippen molar-refractivity contribution in [1.82, 2.24) is 4.90 Å². The van der Waals surface area contributed by atoms with Crippen molar-refractivity contribution in [2.24, 2.45) is 17.8 Å². The van der Waals surface area contributed by atoms with E-state index in [2.05, 4.69) is 39.8 Å². The number of hydrogen-bond acceptors (Lipinski definition) is 10. The number of rotatable bonds is 9. The van der Waals surface area contributed by atoms with Gasteiger partial charge >= 0.3 is 5.97 Å². The number of phenolic OH excluding ortho intramolecular Hbond substituents is 1. The number of anilines is 2. The Morgan fingerprint density at radius 2 is 1.51 bits per heavy atom. The van der Waals surface area contributed by atoms with Gasteiger partial charge < -0.3 is 39.4 Å². The van der Waals surface area contributed by atoms with Gasteiger partial charge in [-0.05, 0) is 96.7 Å². The van der Waals surface area contributed by atoms with Crippen LogP contribution >= 0.6 is 0 Å². The lowest BCUT2D eigenvalue weighted by Gasteiger charge is -2.40. The van der Waals surface area contributed by atoms with Crippen LogP contribution in [-0.2, 0) is 20.9 Å². The third kappa shape index (κ3) is 6.27. The van der Waals surface area contributed by atoms with Gasteiger partial charge in [0.15, 0.2) is 23.0 Å².